The molecule has 9 heteroatoms. The third-order valence-corrected chi connectivity index (χ3v) is 6.50. The molecule has 0 radical (unpaired) electrons. The molecule has 0 amide bonds. The summed E-state index contributed by atoms with van der Waals surface area (Å²) >= 11 is 0. The molecule has 3 aromatic carbocycles. The van der Waals surface area contributed by atoms with Crippen LogP contribution in [0.5, 0.6) is 5.75 Å². The smallest absolute Gasteiger partial charge is 0.312 e. The van der Waals surface area contributed by atoms with Crippen LogP contribution in [0.3, 0.4) is 0 Å². The molecule has 41 heavy (non-hydrogen) atoms. The van der Waals surface area contributed by atoms with Crippen molar-refractivity contribution in [3.8, 4) is 11.4 Å². The summed E-state index contributed by atoms with van der Waals surface area (Å²) in [4.78, 5) is 17.0. The van der Waals surface area contributed by atoms with Crippen molar-refractivity contribution >= 4 is 11.7 Å². The number of carboxylic acid groups (broad SMARTS) is 1. The van der Waals surface area contributed by atoms with Crippen LogP contribution in [0.4, 0.5) is 8.78 Å². The van der Waals surface area contributed by atoms with Gasteiger partial charge in [0.1, 0.15) is 36.5 Å². The van der Waals surface area contributed by atoms with Crippen molar-refractivity contribution in [2.24, 2.45) is 17.0 Å². The number of ether oxygens (including phenoxy) is 1. The molecule has 0 aliphatic carbocycles. The van der Waals surface area contributed by atoms with Crippen molar-refractivity contribution < 1.29 is 28.3 Å². The van der Waals surface area contributed by atoms with Crippen LogP contribution in [0.2, 0.25) is 0 Å². The maximum absolute atomic E-state index is 13.8. The second-order valence-corrected chi connectivity index (χ2v) is 10.3. The predicted molar refractivity (Wildman–Crippen MR) is 152 cm³/mol. The molecule has 1 N–H and O–H groups in total. The van der Waals surface area contributed by atoms with Gasteiger partial charge >= 0.3 is 5.97 Å². The summed E-state index contributed by atoms with van der Waals surface area (Å²) < 4.78 is 34.5. The lowest BCUT2D eigenvalue weighted by molar-refractivity contribution is -0.139. The molecule has 1 atom stereocenters. The normalized spacial score (nSPS) is 12.4. The van der Waals surface area contributed by atoms with Crippen molar-refractivity contribution in [3.05, 3.63) is 113 Å². The number of halogens is 2. The van der Waals surface area contributed by atoms with Gasteiger partial charge in [0.2, 0.25) is 0 Å². The number of carboxylic acids is 1. The number of benzene rings is 3. The summed E-state index contributed by atoms with van der Waals surface area (Å²) in [6.45, 7) is 6.03. The molecule has 1 heterocycles. The van der Waals surface area contributed by atoms with Crippen LogP contribution in [0.1, 0.15) is 43.0 Å². The summed E-state index contributed by atoms with van der Waals surface area (Å²) in [5, 5.41) is 18.0. The van der Waals surface area contributed by atoms with Crippen LogP contribution in [0.15, 0.2) is 84.3 Å². The van der Waals surface area contributed by atoms with Gasteiger partial charge in [-0.15, -0.1) is 0 Å². The van der Waals surface area contributed by atoms with Crippen LogP contribution in [-0.4, -0.2) is 26.6 Å². The first-order valence-electron chi connectivity index (χ1n) is 13.4. The molecule has 0 aliphatic heterocycles. The van der Waals surface area contributed by atoms with Gasteiger partial charge in [-0.1, -0.05) is 43.3 Å². The van der Waals surface area contributed by atoms with E-state index in [0.717, 1.165) is 35.4 Å². The fraction of sp³-hybridized carbons (Fsp3) is 0.281. The van der Waals surface area contributed by atoms with E-state index in [4.69, 9.17) is 9.57 Å². The molecule has 0 aliphatic rings. The van der Waals surface area contributed by atoms with E-state index in [1.807, 2.05) is 10.9 Å². The Labute approximate surface area is 238 Å². The molecule has 7 nitrogen and oxygen atoms in total. The maximum Gasteiger partial charge on any atom is 0.312 e. The van der Waals surface area contributed by atoms with Gasteiger partial charge in [0, 0.05) is 23.4 Å². The van der Waals surface area contributed by atoms with E-state index < -0.39 is 23.5 Å². The lowest BCUT2D eigenvalue weighted by Crippen LogP contribution is -2.24. The predicted octanol–water partition coefficient (Wildman–Crippen LogP) is 6.76. The second kappa shape index (κ2) is 13.7. The first kappa shape index (κ1) is 29.5. The lowest BCUT2D eigenvalue weighted by atomic mass is 9.95. The first-order valence-corrected chi connectivity index (χ1v) is 13.4. The van der Waals surface area contributed by atoms with E-state index in [-0.39, 0.29) is 24.3 Å². The molecule has 0 bridgehead atoms. The van der Waals surface area contributed by atoms with Crippen LogP contribution >= 0.6 is 0 Å². The largest absolute Gasteiger partial charge is 0.489 e. The van der Waals surface area contributed by atoms with Gasteiger partial charge in [-0.2, -0.15) is 5.10 Å². The second-order valence-electron chi connectivity index (χ2n) is 10.3. The van der Waals surface area contributed by atoms with Gasteiger partial charge in [0.15, 0.2) is 0 Å². The number of aliphatic carboxylic acids is 1. The van der Waals surface area contributed by atoms with Crippen molar-refractivity contribution in [1.29, 1.82) is 0 Å². The highest BCUT2D eigenvalue weighted by Gasteiger charge is 2.22. The number of aromatic nitrogens is 2. The average Bonchev–Trinajstić information content (AvgIpc) is 3.41. The fourth-order valence-corrected chi connectivity index (χ4v) is 4.28. The molecular formula is C32H33F2N3O4. The Bertz CT molecular complexity index is 1480. The van der Waals surface area contributed by atoms with Gasteiger partial charge in [0.05, 0.1) is 17.6 Å². The lowest BCUT2D eigenvalue weighted by Gasteiger charge is -2.13. The Kier molecular flexibility index (Phi) is 9.84. The molecule has 0 saturated carbocycles. The Balaban J connectivity index is 1.30. The number of oxime groups is 1. The zero-order chi connectivity index (χ0) is 29.4. The van der Waals surface area contributed by atoms with E-state index in [0.29, 0.717) is 18.3 Å². The molecule has 4 aromatic rings. The number of hydrogen-bond acceptors (Lipinski definition) is 5. The van der Waals surface area contributed by atoms with Crippen LogP contribution in [0, 0.1) is 23.5 Å². The molecule has 0 saturated heterocycles. The van der Waals surface area contributed by atoms with E-state index >= 15 is 0 Å². The van der Waals surface area contributed by atoms with E-state index in [9.17, 15) is 18.7 Å². The highest BCUT2D eigenvalue weighted by atomic mass is 19.1. The topological polar surface area (TPSA) is 85.9 Å². The number of hydrogen-bond donors (Lipinski definition) is 1. The molecular weight excluding hydrogens is 528 g/mol. The number of rotatable bonds is 13. The Morgan fingerprint density at radius 1 is 0.951 bits per heavy atom. The van der Waals surface area contributed by atoms with Crippen LogP contribution in [0.25, 0.3) is 5.69 Å². The summed E-state index contributed by atoms with van der Waals surface area (Å²) in [5.74, 6) is -2.20. The van der Waals surface area contributed by atoms with Crippen molar-refractivity contribution in [2.45, 2.75) is 46.8 Å². The molecule has 0 fully saturated rings. The van der Waals surface area contributed by atoms with Crippen molar-refractivity contribution in [3.63, 3.8) is 0 Å². The van der Waals surface area contributed by atoms with Gasteiger partial charge in [-0.05, 0) is 73.2 Å². The Morgan fingerprint density at radius 3 is 2.29 bits per heavy atom. The average molecular weight is 562 g/mol. The van der Waals surface area contributed by atoms with Crippen molar-refractivity contribution in [2.75, 3.05) is 0 Å². The third-order valence-electron chi connectivity index (χ3n) is 6.50. The number of carbonyl (C=O) groups is 1. The van der Waals surface area contributed by atoms with E-state index in [1.165, 1.54) is 18.6 Å². The minimum atomic E-state index is -1.06. The zero-order valence-corrected chi connectivity index (χ0v) is 23.3. The van der Waals surface area contributed by atoms with Gasteiger partial charge < -0.3 is 14.7 Å². The molecule has 214 valence electrons. The first-order chi connectivity index (χ1) is 19.7. The maximum atomic E-state index is 13.8. The van der Waals surface area contributed by atoms with Crippen LogP contribution < -0.4 is 4.74 Å². The summed E-state index contributed by atoms with van der Waals surface area (Å²) in [7, 11) is 0. The Morgan fingerprint density at radius 2 is 1.63 bits per heavy atom. The molecule has 1 unspecified atom stereocenters. The third kappa shape index (κ3) is 8.48. The zero-order valence-electron chi connectivity index (χ0n) is 23.3. The molecule has 1 aromatic heterocycles. The van der Waals surface area contributed by atoms with E-state index in [1.54, 1.807) is 30.5 Å². The fourth-order valence-electron chi connectivity index (χ4n) is 4.28. The monoisotopic (exact) mass is 561 g/mol. The minimum absolute atomic E-state index is 0.119. The van der Waals surface area contributed by atoms with E-state index in [2.05, 4.69) is 48.4 Å². The SMILES string of the molecule is C/C(=N\OCc1ccc(F)cc1F)C(Cc1ccc(OCc2cnn(-c3ccc(CC(C)C)cc3)c2)cc1)C(=O)O. The van der Waals surface area contributed by atoms with Gasteiger partial charge in [0.25, 0.3) is 0 Å². The molecule has 0 spiro atoms. The van der Waals surface area contributed by atoms with Gasteiger partial charge in [-0.3, -0.25) is 4.79 Å². The number of nitrogens with zero attached hydrogens (tertiary/aromatic N) is 3. The van der Waals surface area contributed by atoms with Gasteiger partial charge in [-0.25, -0.2) is 13.5 Å². The Hall–Kier alpha value is -4.53. The van der Waals surface area contributed by atoms with Crippen molar-refractivity contribution in [1.82, 2.24) is 9.78 Å². The van der Waals surface area contributed by atoms with Crippen LogP contribution in [-0.2, 0) is 35.7 Å². The summed E-state index contributed by atoms with van der Waals surface area (Å²) in [6.07, 6.45) is 4.92. The minimum Gasteiger partial charge on any atom is -0.489 e. The standard InChI is InChI=1S/C32H33F2N3O4/c1-21(2)14-23-4-10-28(11-5-23)37-18-25(17-35-37)19-40-29-12-6-24(7-13-29)15-30(32(38)39)22(3)36-41-20-26-8-9-27(33)16-31(26)34/h4-13,16-18,21,30H,14-15,19-20H2,1-3H3,(H,38,39)/b36-22+. The quantitative estimate of drug-likeness (QED) is 0.144. The summed E-state index contributed by atoms with van der Waals surface area (Å²) in [5.41, 5.74) is 4.32. The summed E-state index contributed by atoms with van der Waals surface area (Å²) in [6, 6.07) is 18.7. The highest BCUT2D eigenvalue weighted by Crippen LogP contribution is 2.19. The molecule has 4 rings (SSSR count). The highest BCUT2D eigenvalue weighted by molar-refractivity contribution is 6.00.